The van der Waals surface area contributed by atoms with Gasteiger partial charge in [-0.2, -0.15) is 18.2 Å². The second-order valence-electron chi connectivity index (χ2n) is 4.31. The minimum atomic E-state index is -4.68. The highest BCUT2D eigenvalue weighted by Gasteiger charge is 2.33. The first-order valence-electron chi connectivity index (χ1n) is 6.19. The molecule has 2 aromatic rings. The summed E-state index contributed by atoms with van der Waals surface area (Å²) in [5.41, 5.74) is -0.599. The highest BCUT2D eigenvalue weighted by atomic mass is 127. The zero-order valence-corrected chi connectivity index (χ0v) is 13.5. The average molecular weight is 438 g/mol. The van der Waals surface area contributed by atoms with Crippen molar-refractivity contribution >= 4 is 46.0 Å². The molecule has 23 heavy (non-hydrogen) atoms. The Bertz CT molecular complexity index is 725. The lowest BCUT2D eigenvalue weighted by Gasteiger charge is -2.13. The van der Waals surface area contributed by atoms with Crippen LogP contribution in [0.4, 0.5) is 30.6 Å². The van der Waals surface area contributed by atoms with Crippen LogP contribution in [0.1, 0.15) is 5.69 Å². The normalized spacial score (nSPS) is 11.1. The van der Waals surface area contributed by atoms with E-state index >= 15 is 0 Å². The van der Waals surface area contributed by atoms with Crippen molar-refractivity contribution in [3.05, 3.63) is 39.6 Å². The van der Waals surface area contributed by atoms with Gasteiger partial charge in [0.05, 0.1) is 5.69 Å². The van der Waals surface area contributed by atoms with E-state index in [1.54, 1.807) is 24.3 Å². The van der Waals surface area contributed by atoms with Crippen molar-refractivity contribution in [2.75, 3.05) is 17.2 Å². The van der Waals surface area contributed by atoms with Gasteiger partial charge in [0.15, 0.2) is 5.69 Å². The number of halogens is 4. The molecule has 1 aromatic carbocycles. The number of alkyl halides is 3. The predicted octanol–water partition coefficient (Wildman–Crippen LogP) is 3.34. The number of aromatic nitrogens is 2. The third kappa shape index (κ3) is 4.94. The first kappa shape index (κ1) is 17.2. The molecule has 2 rings (SSSR count). The Balaban J connectivity index is 2.35. The number of carboxylic acid groups (broad SMARTS) is 1. The van der Waals surface area contributed by atoms with Crippen molar-refractivity contribution in [1.29, 1.82) is 0 Å². The van der Waals surface area contributed by atoms with E-state index in [2.05, 4.69) is 20.6 Å². The third-order valence-electron chi connectivity index (χ3n) is 2.55. The summed E-state index contributed by atoms with van der Waals surface area (Å²) < 4.78 is 39.5. The van der Waals surface area contributed by atoms with Gasteiger partial charge in [0.2, 0.25) is 5.95 Å². The minimum Gasteiger partial charge on any atom is -0.480 e. The largest absolute Gasteiger partial charge is 0.480 e. The Labute approximate surface area is 142 Å². The molecule has 0 spiro atoms. The van der Waals surface area contributed by atoms with Gasteiger partial charge in [-0.25, -0.2) is 4.98 Å². The van der Waals surface area contributed by atoms with Gasteiger partial charge in [0, 0.05) is 9.64 Å². The van der Waals surface area contributed by atoms with Crippen LogP contribution in [0.5, 0.6) is 0 Å². The highest BCUT2D eigenvalue weighted by Crippen LogP contribution is 2.31. The summed E-state index contributed by atoms with van der Waals surface area (Å²) in [6.45, 7) is -0.594. The van der Waals surface area contributed by atoms with Crippen LogP contribution in [0.25, 0.3) is 0 Å². The number of benzene rings is 1. The molecular formula is C13H10F3IN4O2. The van der Waals surface area contributed by atoms with Crippen molar-refractivity contribution in [2.24, 2.45) is 0 Å². The van der Waals surface area contributed by atoms with E-state index in [1.807, 2.05) is 22.6 Å². The van der Waals surface area contributed by atoms with Crippen LogP contribution in [-0.4, -0.2) is 27.6 Å². The second kappa shape index (κ2) is 6.98. The van der Waals surface area contributed by atoms with Crippen molar-refractivity contribution in [3.8, 4) is 0 Å². The van der Waals surface area contributed by atoms with Crippen LogP contribution in [-0.2, 0) is 11.0 Å². The molecule has 0 aliphatic rings. The van der Waals surface area contributed by atoms with E-state index in [4.69, 9.17) is 5.11 Å². The number of rotatable bonds is 5. The summed E-state index contributed by atoms with van der Waals surface area (Å²) in [4.78, 5) is 17.7. The molecule has 0 radical (unpaired) electrons. The van der Waals surface area contributed by atoms with Crippen molar-refractivity contribution in [2.45, 2.75) is 6.18 Å². The summed E-state index contributed by atoms with van der Waals surface area (Å²) in [7, 11) is 0. The number of hydrogen-bond acceptors (Lipinski definition) is 5. The van der Waals surface area contributed by atoms with E-state index in [1.165, 1.54) is 0 Å². The summed E-state index contributed by atoms with van der Waals surface area (Å²) in [6, 6.07) is 7.72. The molecule has 1 aromatic heterocycles. The maximum Gasteiger partial charge on any atom is 0.433 e. The molecule has 0 fully saturated rings. The maximum atomic E-state index is 12.9. The van der Waals surface area contributed by atoms with Gasteiger partial charge in [-0.1, -0.05) is 12.1 Å². The summed E-state index contributed by atoms with van der Waals surface area (Å²) in [5.74, 6) is -1.75. The fourth-order valence-electron chi connectivity index (χ4n) is 1.59. The number of para-hydroxylation sites is 1. The molecular weight excluding hydrogens is 428 g/mol. The molecule has 0 aliphatic heterocycles. The Morgan fingerprint density at radius 3 is 2.57 bits per heavy atom. The van der Waals surface area contributed by atoms with Crippen LogP contribution in [0, 0.1) is 3.57 Å². The van der Waals surface area contributed by atoms with E-state index < -0.39 is 30.3 Å². The van der Waals surface area contributed by atoms with Crippen LogP contribution >= 0.6 is 22.6 Å². The van der Waals surface area contributed by atoms with Gasteiger partial charge in [-0.3, -0.25) is 4.79 Å². The molecule has 1 heterocycles. The van der Waals surface area contributed by atoms with Crippen LogP contribution in [0.15, 0.2) is 30.3 Å². The summed E-state index contributed by atoms with van der Waals surface area (Å²) >= 11 is 2.02. The summed E-state index contributed by atoms with van der Waals surface area (Å²) in [6.07, 6.45) is -4.68. The molecule has 3 N–H and O–H groups in total. The molecule has 10 heteroatoms. The SMILES string of the molecule is O=C(O)CNc1nc(Nc2ccccc2I)cc(C(F)(F)F)n1. The lowest BCUT2D eigenvalue weighted by Crippen LogP contribution is -2.17. The van der Waals surface area contributed by atoms with E-state index in [0.29, 0.717) is 5.69 Å². The summed E-state index contributed by atoms with van der Waals surface area (Å²) in [5, 5.41) is 13.6. The maximum absolute atomic E-state index is 12.9. The molecule has 122 valence electrons. The zero-order valence-electron chi connectivity index (χ0n) is 11.4. The number of carbonyl (C=O) groups is 1. The molecule has 6 nitrogen and oxygen atoms in total. The molecule has 0 saturated heterocycles. The fourth-order valence-corrected chi connectivity index (χ4v) is 2.11. The van der Waals surface area contributed by atoms with Gasteiger partial charge in [0.25, 0.3) is 0 Å². The number of aliphatic carboxylic acids is 1. The minimum absolute atomic E-state index is 0.0932. The molecule has 0 aliphatic carbocycles. The quantitative estimate of drug-likeness (QED) is 0.621. The Kier molecular flexibility index (Phi) is 5.23. The van der Waals surface area contributed by atoms with Gasteiger partial charge < -0.3 is 15.7 Å². The Morgan fingerprint density at radius 1 is 1.26 bits per heavy atom. The van der Waals surface area contributed by atoms with E-state index in [-0.39, 0.29) is 5.82 Å². The number of hydrogen-bond donors (Lipinski definition) is 3. The molecule has 0 atom stereocenters. The first-order valence-corrected chi connectivity index (χ1v) is 7.27. The Hall–Kier alpha value is -2.11. The van der Waals surface area contributed by atoms with E-state index in [0.717, 1.165) is 9.64 Å². The Morgan fingerprint density at radius 2 is 1.96 bits per heavy atom. The van der Waals surface area contributed by atoms with Gasteiger partial charge in [-0.05, 0) is 34.7 Å². The van der Waals surface area contributed by atoms with Crippen LogP contribution < -0.4 is 10.6 Å². The van der Waals surface area contributed by atoms with Crippen molar-refractivity contribution < 1.29 is 23.1 Å². The van der Waals surface area contributed by atoms with Crippen LogP contribution in [0.2, 0.25) is 0 Å². The van der Waals surface area contributed by atoms with Gasteiger partial charge in [0.1, 0.15) is 12.4 Å². The monoisotopic (exact) mass is 438 g/mol. The number of nitrogens with one attached hydrogen (secondary N) is 2. The predicted molar refractivity (Wildman–Crippen MR) is 85.6 cm³/mol. The lowest BCUT2D eigenvalue weighted by atomic mass is 10.3. The average Bonchev–Trinajstić information content (AvgIpc) is 2.46. The number of anilines is 3. The molecule has 0 unspecified atom stereocenters. The fraction of sp³-hybridized carbons (Fsp3) is 0.154. The first-order chi connectivity index (χ1) is 10.8. The molecule has 0 amide bonds. The van der Waals surface area contributed by atoms with Gasteiger partial charge >= 0.3 is 12.1 Å². The number of carboxylic acids is 1. The second-order valence-corrected chi connectivity index (χ2v) is 5.47. The zero-order chi connectivity index (χ0) is 17.0. The topological polar surface area (TPSA) is 87.1 Å². The lowest BCUT2D eigenvalue weighted by molar-refractivity contribution is -0.141. The molecule has 0 bridgehead atoms. The van der Waals surface area contributed by atoms with Crippen LogP contribution in [0.3, 0.4) is 0 Å². The smallest absolute Gasteiger partial charge is 0.433 e. The molecule has 0 saturated carbocycles. The number of nitrogens with zero attached hydrogens (tertiary/aromatic N) is 2. The third-order valence-corrected chi connectivity index (χ3v) is 3.49. The standard InChI is InChI=1S/C13H10F3IN4O2/c14-13(15,16)9-5-10(19-8-4-2-1-3-7(8)17)21-12(20-9)18-6-11(22)23/h1-5H,6H2,(H,22,23)(H2,18,19,20,21). The highest BCUT2D eigenvalue weighted by molar-refractivity contribution is 14.1. The van der Waals surface area contributed by atoms with Gasteiger partial charge in [-0.15, -0.1) is 0 Å². The van der Waals surface area contributed by atoms with Crippen molar-refractivity contribution in [1.82, 2.24) is 9.97 Å². The van der Waals surface area contributed by atoms with E-state index in [9.17, 15) is 18.0 Å². The van der Waals surface area contributed by atoms with Crippen molar-refractivity contribution in [3.63, 3.8) is 0 Å².